The number of aliphatic hydroxyl groups is 1. The number of anilines is 1. The maximum absolute atomic E-state index is 14.8. The number of carbonyl (C=O) groups is 1. The van der Waals surface area contributed by atoms with Gasteiger partial charge in [-0.15, -0.1) is 10.2 Å². The Morgan fingerprint density at radius 2 is 1.91 bits per heavy atom. The zero-order chi connectivity index (χ0) is 25.3. The van der Waals surface area contributed by atoms with Crippen LogP contribution in [-0.4, -0.2) is 69.8 Å². The van der Waals surface area contributed by atoms with Crippen molar-refractivity contribution in [3.8, 4) is 22.6 Å². The lowest BCUT2D eigenvalue weighted by Gasteiger charge is -2.15. The van der Waals surface area contributed by atoms with Gasteiger partial charge in [0.1, 0.15) is 17.6 Å². The number of ether oxygens (including phenoxy) is 1. The second-order valence-electron chi connectivity index (χ2n) is 8.05. The molecule has 186 valence electrons. The lowest BCUT2D eigenvalue weighted by molar-refractivity contribution is 0.0437. The molecule has 35 heavy (non-hydrogen) atoms. The Labute approximate surface area is 198 Å². The number of aromatic nitrogens is 5. The number of hydrogen-bond acceptors (Lipinski definition) is 8. The summed E-state index contributed by atoms with van der Waals surface area (Å²) in [4.78, 5) is 40.8. The van der Waals surface area contributed by atoms with Crippen molar-refractivity contribution in [2.24, 2.45) is 0 Å². The van der Waals surface area contributed by atoms with E-state index in [-0.39, 0.29) is 6.54 Å². The highest BCUT2D eigenvalue weighted by Crippen LogP contribution is 2.33. The van der Waals surface area contributed by atoms with Crippen LogP contribution in [0.5, 0.6) is 0 Å². The van der Waals surface area contributed by atoms with Crippen LogP contribution in [0.2, 0.25) is 0 Å². The average molecular weight is 508 g/mol. The molecule has 4 N–H and O–H groups in total. The first kappa shape index (κ1) is 24.8. The molecular weight excluding hydrogens is 486 g/mol. The van der Waals surface area contributed by atoms with Crippen molar-refractivity contribution >= 4 is 19.6 Å². The predicted octanol–water partition coefficient (Wildman–Crippen LogP) is 1.65. The van der Waals surface area contributed by atoms with Gasteiger partial charge in [0.25, 0.3) is 0 Å². The number of tetrazole rings is 1. The molecule has 1 aliphatic carbocycles. The van der Waals surface area contributed by atoms with Gasteiger partial charge in [0, 0.05) is 17.3 Å². The quantitative estimate of drug-likeness (QED) is 0.368. The van der Waals surface area contributed by atoms with Gasteiger partial charge in [0.15, 0.2) is 0 Å². The van der Waals surface area contributed by atoms with Crippen LogP contribution in [0.25, 0.3) is 22.6 Å². The maximum Gasteiger partial charge on any atom is 0.466 e. The molecule has 2 aromatic heterocycles. The molecule has 1 saturated heterocycles. The highest BCUT2D eigenvalue weighted by molar-refractivity contribution is 7.45. The summed E-state index contributed by atoms with van der Waals surface area (Å²) >= 11 is 0. The number of carbonyl (C=O) groups excluding carboxylic acids is 1. The fraction of sp³-hybridized carbons (Fsp3) is 0.350. The predicted molar refractivity (Wildman–Crippen MR) is 118 cm³/mol. The van der Waals surface area contributed by atoms with E-state index in [0.29, 0.717) is 34.4 Å². The van der Waals surface area contributed by atoms with Crippen LogP contribution >= 0.6 is 7.82 Å². The average Bonchev–Trinajstić information content (AvgIpc) is 3.37. The molecule has 1 saturated carbocycles. The molecular formula is C20H22FN6O7P. The van der Waals surface area contributed by atoms with Crippen LogP contribution in [0.15, 0.2) is 36.5 Å². The fourth-order valence-corrected chi connectivity index (χ4v) is 3.33. The molecule has 1 unspecified atom stereocenters. The zero-order valence-electron chi connectivity index (χ0n) is 18.3. The molecule has 15 heteroatoms. The minimum atomic E-state index is -4.64. The van der Waals surface area contributed by atoms with E-state index in [0.717, 1.165) is 12.8 Å². The molecule has 0 spiro atoms. The Balaban J connectivity index is 0.000000527. The third-order valence-corrected chi connectivity index (χ3v) is 5.24. The summed E-state index contributed by atoms with van der Waals surface area (Å²) in [5.74, 6) is -0.0577. The number of cyclic esters (lactones) is 1. The summed E-state index contributed by atoms with van der Waals surface area (Å²) in [5, 5.41) is 22.0. The maximum atomic E-state index is 14.8. The first-order valence-corrected chi connectivity index (χ1v) is 12.1. The first-order chi connectivity index (χ1) is 16.5. The number of rotatable bonds is 5. The number of halogens is 1. The molecule has 2 aliphatic rings. The summed E-state index contributed by atoms with van der Waals surface area (Å²) in [6.45, 7) is 1.71. The van der Waals surface area contributed by atoms with E-state index in [4.69, 9.17) is 24.0 Å². The Morgan fingerprint density at radius 3 is 2.46 bits per heavy atom. The van der Waals surface area contributed by atoms with Gasteiger partial charge in [-0.3, -0.25) is 9.88 Å². The van der Waals surface area contributed by atoms with Gasteiger partial charge in [-0.1, -0.05) is 6.07 Å². The third-order valence-electron chi connectivity index (χ3n) is 5.24. The summed E-state index contributed by atoms with van der Waals surface area (Å²) < 4.78 is 28.8. The molecule has 1 aliphatic heterocycles. The number of benzene rings is 1. The van der Waals surface area contributed by atoms with Crippen LogP contribution in [0, 0.1) is 5.82 Å². The van der Waals surface area contributed by atoms with Crippen molar-refractivity contribution in [1.29, 1.82) is 0 Å². The van der Waals surface area contributed by atoms with Crippen molar-refractivity contribution < 1.29 is 38.3 Å². The van der Waals surface area contributed by atoms with E-state index in [1.54, 1.807) is 42.2 Å². The van der Waals surface area contributed by atoms with Crippen molar-refractivity contribution in [2.75, 3.05) is 11.4 Å². The minimum Gasteiger partial charge on any atom is -0.441 e. The smallest absolute Gasteiger partial charge is 0.441 e. The lowest BCUT2D eigenvalue weighted by atomic mass is 10.1. The fourth-order valence-electron chi connectivity index (χ4n) is 3.33. The van der Waals surface area contributed by atoms with Crippen LogP contribution in [0.1, 0.15) is 25.8 Å². The summed E-state index contributed by atoms with van der Waals surface area (Å²) in [6, 6.07) is 8.31. The van der Waals surface area contributed by atoms with Crippen molar-refractivity contribution in [1.82, 2.24) is 25.2 Å². The normalized spacial score (nSPS) is 18.6. The molecule has 0 radical (unpaired) electrons. The first-order valence-electron chi connectivity index (χ1n) is 10.5. The standard InChI is InChI=1S/C20H19FN6O3.H3O4P/c1-11(28)18-10-26(20(29)30-18)14-5-6-15(16(21)8-14)12-2-7-17(22-9-12)19-23-25-27(24-19)13-3-4-13;1-5(2,3)4/h2,5-9,11,13,18,28H,3-4,10H2,1H3;(H3,1,2,3,4)/t11?,18-;/m1./s1. The number of pyridine rings is 1. The molecule has 3 heterocycles. The van der Waals surface area contributed by atoms with E-state index in [9.17, 15) is 14.3 Å². The molecule has 2 atom stereocenters. The molecule has 2 fully saturated rings. The van der Waals surface area contributed by atoms with E-state index in [2.05, 4.69) is 20.4 Å². The Kier molecular flexibility index (Phi) is 6.92. The molecule has 1 aromatic carbocycles. The van der Waals surface area contributed by atoms with Gasteiger partial charge in [-0.2, -0.15) is 4.80 Å². The second-order valence-corrected chi connectivity index (χ2v) is 9.07. The number of nitrogens with zero attached hydrogens (tertiary/aromatic N) is 6. The van der Waals surface area contributed by atoms with Crippen LogP contribution < -0.4 is 4.90 Å². The minimum absolute atomic E-state index is 0.167. The number of hydrogen-bond donors (Lipinski definition) is 4. The Hall–Kier alpha value is -3.29. The molecule has 13 nitrogen and oxygen atoms in total. The van der Waals surface area contributed by atoms with E-state index in [1.807, 2.05) is 0 Å². The summed E-state index contributed by atoms with van der Waals surface area (Å²) in [5.41, 5.74) is 1.87. The SMILES string of the molecule is CC(O)[C@H]1CN(c2ccc(-c3ccc(-c4nnn(C5CC5)n4)nc3)c(F)c2)C(=O)O1.O=P(O)(O)O. The van der Waals surface area contributed by atoms with Gasteiger partial charge in [0.05, 0.1) is 24.4 Å². The summed E-state index contributed by atoms with van der Waals surface area (Å²) in [7, 11) is -4.64. The largest absolute Gasteiger partial charge is 0.466 e. The van der Waals surface area contributed by atoms with Gasteiger partial charge in [0.2, 0.25) is 5.82 Å². The van der Waals surface area contributed by atoms with Crippen LogP contribution in [0.3, 0.4) is 0 Å². The number of amides is 1. The van der Waals surface area contributed by atoms with Crippen molar-refractivity contribution in [3.05, 3.63) is 42.3 Å². The van der Waals surface area contributed by atoms with Gasteiger partial charge in [-0.25, -0.2) is 13.8 Å². The lowest BCUT2D eigenvalue weighted by Crippen LogP contribution is -2.29. The molecule has 5 rings (SSSR count). The Bertz CT molecular complexity index is 1250. The van der Waals surface area contributed by atoms with Crippen LogP contribution in [0.4, 0.5) is 14.9 Å². The van der Waals surface area contributed by atoms with Crippen LogP contribution in [-0.2, 0) is 9.30 Å². The highest BCUT2D eigenvalue weighted by Gasteiger charge is 2.35. The molecule has 0 bridgehead atoms. The molecule has 3 aromatic rings. The zero-order valence-corrected chi connectivity index (χ0v) is 19.2. The monoisotopic (exact) mass is 508 g/mol. The summed E-state index contributed by atoms with van der Waals surface area (Å²) in [6.07, 6.45) is 1.64. The number of phosphoric acid groups is 1. The van der Waals surface area contributed by atoms with Gasteiger partial charge in [-0.05, 0) is 49.2 Å². The Morgan fingerprint density at radius 1 is 1.20 bits per heavy atom. The topological polar surface area (TPSA) is 184 Å². The number of aliphatic hydroxyl groups excluding tert-OH is 1. The van der Waals surface area contributed by atoms with Crippen molar-refractivity contribution in [2.45, 2.75) is 38.0 Å². The van der Waals surface area contributed by atoms with Gasteiger partial charge >= 0.3 is 13.9 Å². The van der Waals surface area contributed by atoms with E-state index < -0.39 is 31.9 Å². The second kappa shape index (κ2) is 9.76. The molecule has 1 amide bonds. The third kappa shape index (κ3) is 6.24. The highest BCUT2D eigenvalue weighted by atomic mass is 31.2. The van der Waals surface area contributed by atoms with Gasteiger partial charge < -0.3 is 24.5 Å². The van der Waals surface area contributed by atoms with E-state index in [1.165, 1.54) is 11.0 Å². The van der Waals surface area contributed by atoms with Crippen molar-refractivity contribution in [3.63, 3.8) is 0 Å². The van der Waals surface area contributed by atoms with E-state index >= 15 is 0 Å².